The number of nitrogens with one attached hydrogen (secondary N) is 1. The number of hydrogen-bond acceptors (Lipinski definition) is 5. The first-order chi connectivity index (χ1) is 16.2. The van der Waals surface area contributed by atoms with E-state index >= 15 is 0 Å². The second kappa shape index (κ2) is 10.7. The Morgan fingerprint density at radius 1 is 0.818 bits per heavy atom. The van der Waals surface area contributed by atoms with Crippen molar-refractivity contribution in [3.63, 3.8) is 0 Å². The molecular formula is C26H22N4O3. The maximum absolute atomic E-state index is 12.3. The van der Waals surface area contributed by atoms with Gasteiger partial charge in [-0.25, -0.2) is 10.2 Å². The van der Waals surface area contributed by atoms with Crippen LogP contribution < -0.4 is 5.43 Å². The first kappa shape index (κ1) is 21.7. The molecule has 0 atom stereocenters. The van der Waals surface area contributed by atoms with Gasteiger partial charge in [0.25, 0.3) is 5.91 Å². The van der Waals surface area contributed by atoms with Gasteiger partial charge < -0.3 is 4.74 Å². The second-order valence-corrected chi connectivity index (χ2v) is 7.20. The average Bonchev–Trinajstić information content (AvgIpc) is 3.37. The maximum Gasteiger partial charge on any atom is 0.338 e. The Morgan fingerprint density at radius 3 is 2.03 bits per heavy atom. The molecule has 164 valence electrons. The molecule has 1 heterocycles. The molecule has 0 fully saturated rings. The molecule has 4 aromatic rings. The van der Waals surface area contributed by atoms with E-state index < -0.39 is 18.5 Å². The fraction of sp³-hybridized carbons (Fsp3) is 0.0769. The van der Waals surface area contributed by atoms with Gasteiger partial charge in [0.15, 0.2) is 6.61 Å². The summed E-state index contributed by atoms with van der Waals surface area (Å²) in [6.07, 6.45) is 3.58. The quantitative estimate of drug-likeness (QED) is 0.258. The summed E-state index contributed by atoms with van der Waals surface area (Å²) >= 11 is 0. The van der Waals surface area contributed by atoms with Crippen molar-refractivity contribution in [1.82, 2.24) is 15.2 Å². The number of aromatic nitrogens is 2. The van der Waals surface area contributed by atoms with E-state index in [0.717, 1.165) is 16.7 Å². The van der Waals surface area contributed by atoms with Crippen LogP contribution >= 0.6 is 0 Å². The van der Waals surface area contributed by atoms with Crippen molar-refractivity contribution in [2.24, 2.45) is 5.10 Å². The fourth-order valence-corrected chi connectivity index (χ4v) is 3.18. The monoisotopic (exact) mass is 438 g/mol. The molecule has 0 bridgehead atoms. The largest absolute Gasteiger partial charge is 0.452 e. The van der Waals surface area contributed by atoms with E-state index in [0.29, 0.717) is 17.8 Å². The normalized spacial score (nSPS) is 10.3. The van der Waals surface area contributed by atoms with Gasteiger partial charge in [-0.3, -0.25) is 9.48 Å². The van der Waals surface area contributed by atoms with Crippen LogP contribution in [0.15, 0.2) is 108 Å². The van der Waals surface area contributed by atoms with Crippen LogP contribution in [0.2, 0.25) is 0 Å². The third kappa shape index (κ3) is 6.01. The SMILES string of the molecule is O=C(COC(=O)c1ccc(Cn2cccn2)cc1)NN=C(c1ccccc1)c1ccccc1. The number of carbonyl (C=O) groups is 2. The molecular weight excluding hydrogens is 416 g/mol. The Labute approximate surface area is 191 Å². The molecule has 7 heteroatoms. The number of hydrazone groups is 1. The van der Waals surface area contributed by atoms with Gasteiger partial charge in [-0.05, 0) is 23.8 Å². The van der Waals surface area contributed by atoms with Gasteiger partial charge in [0, 0.05) is 23.5 Å². The van der Waals surface area contributed by atoms with Gasteiger partial charge in [-0.2, -0.15) is 10.2 Å². The zero-order valence-electron chi connectivity index (χ0n) is 17.8. The number of hydrogen-bond donors (Lipinski definition) is 1. The van der Waals surface area contributed by atoms with Crippen molar-refractivity contribution < 1.29 is 14.3 Å². The molecule has 0 unspecified atom stereocenters. The van der Waals surface area contributed by atoms with E-state index in [1.54, 1.807) is 23.0 Å². The van der Waals surface area contributed by atoms with Crippen molar-refractivity contribution in [2.45, 2.75) is 6.54 Å². The molecule has 1 aromatic heterocycles. The standard InChI is InChI=1S/C26H22N4O3/c31-24(28-29-25(21-8-3-1-4-9-21)22-10-5-2-6-11-22)19-33-26(32)23-14-12-20(13-15-23)18-30-17-7-16-27-30/h1-17H,18-19H2,(H,28,31). The Morgan fingerprint density at radius 2 is 1.45 bits per heavy atom. The molecule has 0 radical (unpaired) electrons. The minimum atomic E-state index is -0.578. The third-order valence-corrected chi connectivity index (χ3v) is 4.81. The molecule has 4 rings (SSSR count). The summed E-state index contributed by atoms with van der Waals surface area (Å²) in [6.45, 7) is 0.169. The summed E-state index contributed by atoms with van der Waals surface area (Å²) in [5.74, 6) is -1.10. The van der Waals surface area contributed by atoms with Crippen LogP contribution in [-0.2, 0) is 16.1 Å². The van der Waals surface area contributed by atoms with Crippen LogP contribution in [0.25, 0.3) is 0 Å². The topological polar surface area (TPSA) is 85.6 Å². The van der Waals surface area contributed by atoms with Gasteiger partial charge in [-0.15, -0.1) is 0 Å². The summed E-state index contributed by atoms with van der Waals surface area (Å²) in [6, 6.07) is 27.9. The lowest BCUT2D eigenvalue weighted by atomic mass is 10.0. The zero-order chi connectivity index (χ0) is 22.9. The van der Waals surface area contributed by atoms with E-state index in [2.05, 4.69) is 15.6 Å². The zero-order valence-corrected chi connectivity index (χ0v) is 17.8. The number of carbonyl (C=O) groups excluding carboxylic acids is 2. The van der Waals surface area contributed by atoms with E-state index in [-0.39, 0.29) is 0 Å². The van der Waals surface area contributed by atoms with Crippen LogP contribution in [0.3, 0.4) is 0 Å². The summed E-state index contributed by atoms with van der Waals surface area (Å²) in [4.78, 5) is 24.6. The van der Waals surface area contributed by atoms with Gasteiger partial charge >= 0.3 is 5.97 Å². The van der Waals surface area contributed by atoms with Crippen molar-refractivity contribution in [1.29, 1.82) is 0 Å². The lowest BCUT2D eigenvalue weighted by Crippen LogP contribution is -2.26. The van der Waals surface area contributed by atoms with Crippen molar-refractivity contribution >= 4 is 17.6 Å². The van der Waals surface area contributed by atoms with E-state index in [4.69, 9.17) is 4.74 Å². The molecule has 33 heavy (non-hydrogen) atoms. The van der Waals surface area contributed by atoms with Crippen LogP contribution in [0.4, 0.5) is 0 Å². The highest BCUT2D eigenvalue weighted by molar-refractivity contribution is 6.13. The Kier molecular flexibility index (Phi) is 7.02. The van der Waals surface area contributed by atoms with Gasteiger partial charge in [0.1, 0.15) is 0 Å². The van der Waals surface area contributed by atoms with Gasteiger partial charge in [-0.1, -0.05) is 72.8 Å². The van der Waals surface area contributed by atoms with Crippen molar-refractivity contribution in [3.8, 4) is 0 Å². The lowest BCUT2D eigenvalue weighted by molar-refractivity contribution is -0.124. The number of amides is 1. The molecule has 0 aliphatic rings. The second-order valence-electron chi connectivity index (χ2n) is 7.20. The Hall–Kier alpha value is -4.52. The van der Waals surface area contributed by atoms with Crippen molar-refractivity contribution in [3.05, 3.63) is 126 Å². The predicted molar refractivity (Wildman–Crippen MR) is 125 cm³/mol. The Balaban J connectivity index is 1.35. The minimum absolute atomic E-state index is 0.366. The lowest BCUT2D eigenvalue weighted by Gasteiger charge is -2.09. The number of rotatable bonds is 8. The molecule has 0 aliphatic carbocycles. The number of esters is 1. The summed E-state index contributed by atoms with van der Waals surface area (Å²) < 4.78 is 6.93. The first-order valence-corrected chi connectivity index (χ1v) is 10.4. The molecule has 0 aliphatic heterocycles. The fourth-order valence-electron chi connectivity index (χ4n) is 3.18. The average molecular weight is 438 g/mol. The summed E-state index contributed by atoms with van der Waals surface area (Å²) in [5.41, 5.74) is 6.17. The highest BCUT2D eigenvalue weighted by Gasteiger charge is 2.12. The van der Waals surface area contributed by atoms with E-state index in [1.165, 1.54) is 0 Å². The van der Waals surface area contributed by atoms with Gasteiger partial charge in [0.2, 0.25) is 0 Å². The highest BCUT2D eigenvalue weighted by atomic mass is 16.5. The van der Waals surface area contributed by atoms with Crippen molar-refractivity contribution in [2.75, 3.05) is 6.61 Å². The number of ether oxygens (including phenoxy) is 1. The molecule has 1 amide bonds. The third-order valence-electron chi connectivity index (χ3n) is 4.81. The predicted octanol–water partition coefficient (Wildman–Crippen LogP) is 3.66. The van der Waals surface area contributed by atoms with Crippen LogP contribution in [0, 0.1) is 0 Å². The molecule has 7 nitrogen and oxygen atoms in total. The van der Waals surface area contributed by atoms with E-state index in [9.17, 15) is 9.59 Å². The van der Waals surface area contributed by atoms with E-state index in [1.807, 2.05) is 85.1 Å². The molecule has 0 saturated heterocycles. The molecule has 0 spiro atoms. The number of benzene rings is 3. The molecule has 3 aromatic carbocycles. The first-order valence-electron chi connectivity index (χ1n) is 10.4. The number of nitrogens with zero attached hydrogens (tertiary/aromatic N) is 3. The summed E-state index contributed by atoms with van der Waals surface area (Å²) in [7, 11) is 0. The van der Waals surface area contributed by atoms with Crippen LogP contribution in [-0.4, -0.2) is 34.0 Å². The smallest absolute Gasteiger partial charge is 0.338 e. The van der Waals surface area contributed by atoms with Gasteiger partial charge in [0.05, 0.1) is 17.8 Å². The molecule has 1 N–H and O–H groups in total. The van der Waals surface area contributed by atoms with Crippen LogP contribution in [0.1, 0.15) is 27.0 Å². The maximum atomic E-state index is 12.3. The Bertz CT molecular complexity index is 1180. The summed E-state index contributed by atoms with van der Waals surface area (Å²) in [5, 5.41) is 8.44. The molecule has 0 saturated carbocycles. The minimum Gasteiger partial charge on any atom is -0.452 e. The van der Waals surface area contributed by atoms with Crippen LogP contribution in [0.5, 0.6) is 0 Å². The highest BCUT2D eigenvalue weighted by Crippen LogP contribution is 2.11.